The lowest BCUT2D eigenvalue weighted by Crippen LogP contribution is -2.37. The first-order valence-electron chi connectivity index (χ1n) is 6.78. The van der Waals surface area contributed by atoms with E-state index in [1.54, 1.807) is 0 Å². The third-order valence-electron chi connectivity index (χ3n) is 3.56. The molecule has 1 aliphatic rings. The average Bonchev–Trinajstić information content (AvgIpc) is 2.37. The number of hydrogen-bond donors (Lipinski definition) is 1. The van der Waals surface area contributed by atoms with Gasteiger partial charge in [0.25, 0.3) is 0 Å². The van der Waals surface area contributed by atoms with Gasteiger partial charge in [-0.15, -0.1) is 0 Å². The first-order valence-corrected chi connectivity index (χ1v) is 7.58. The molecule has 0 unspecified atom stereocenters. The second-order valence-corrected chi connectivity index (χ2v) is 5.97. The van der Waals surface area contributed by atoms with E-state index in [0.717, 1.165) is 35.8 Å². The van der Waals surface area contributed by atoms with Crippen molar-refractivity contribution in [1.82, 2.24) is 15.2 Å². The Morgan fingerprint density at radius 3 is 2.89 bits per heavy atom. The number of rotatable bonds is 5. The van der Waals surface area contributed by atoms with E-state index in [9.17, 15) is 0 Å². The molecular formula is C14H22BrN3. The van der Waals surface area contributed by atoms with Crippen molar-refractivity contribution in [1.29, 1.82) is 0 Å². The van der Waals surface area contributed by atoms with Gasteiger partial charge in [-0.2, -0.15) is 0 Å². The maximum Gasteiger partial charge on any atom is 0.106 e. The van der Waals surface area contributed by atoms with E-state index in [1.807, 2.05) is 12.1 Å². The van der Waals surface area contributed by atoms with E-state index in [0.29, 0.717) is 0 Å². The zero-order valence-corrected chi connectivity index (χ0v) is 12.6. The van der Waals surface area contributed by atoms with E-state index in [-0.39, 0.29) is 0 Å². The van der Waals surface area contributed by atoms with Gasteiger partial charge in [-0.05, 0) is 59.9 Å². The van der Waals surface area contributed by atoms with Gasteiger partial charge in [-0.1, -0.05) is 13.0 Å². The molecule has 0 amide bonds. The lowest BCUT2D eigenvalue weighted by molar-refractivity contribution is 0.193. The molecular weight excluding hydrogens is 290 g/mol. The Hall–Kier alpha value is -0.450. The van der Waals surface area contributed by atoms with Crippen LogP contribution < -0.4 is 5.32 Å². The summed E-state index contributed by atoms with van der Waals surface area (Å²) in [5, 5.41) is 3.46. The molecule has 0 spiro atoms. The highest BCUT2D eigenvalue weighted by Crippen LogP contribution is 2.15. The minimum absolute atomic E-state index is 0.851. The van der Waals surface area contributed by atoms with Gasteiger partial charge in [0.15, 0.2) is 0 Å². The highest BCUT2D eigenvalue weighted by atomic mass is 79.9. The predicted molar refractivity (Wildman–Crippen MR) is 78.5 cm³/mol. The number of hydrogen-bond acceptors (Lipinski definition) is 3. The van der Waals surface area contributed by atoms with Gasteiger partial charge in [0, 0.05) is 19.6 Å². The summed E-state index contributed by atoms with van der Waals surface area (Å²) in [4.78, 5) is 6.96. The second kappa shape index (κ2) is 7.22. The Morgan fingerprint density at radius 2 is 2.17 bits per heavy atom. The van der Waals surface area contributed by atoms with Crippen LogP contribution in [-0.4, -0.2) is 36.1 Å². The Balaban J connectivity index is 1.61. The van der Waals surface area contributed by atoms with Crippen molar-refractivity contribution in [3.8, 4) is 0 Å². The van der Waals surface area contributed by atoms with Gasteiger partial charge in [0.1, 0.15) is 4.60 Å². The zero-order chi connectivity index (χ0) is 12.8. The quantitative estimate of drug-likeness (QED) is 0.669. The summed E-state index contributed by atoms with van der Waals surface area (Å²) in [6, 6.07) is 6.04. The Labute approximate surface area is 118 Å². The number of likely N-dealkylation sites (tertiary alicyclic amines) is 1. The molecule has 0 saturated carbocycles. The van der Waals surface area contributed by atoms with Gasteiger partial charge < -0.3 is 10.2 Å². The van der Waals surface area contributed by atoms with E-state index in [1.165, 1.54) is 25.9 Å². The fourth-order valence-corrected chi connectivity index (χ4v) is 2.67. The van der Waals surface area contributed by atoms with Crippen molar-refractivity contribution in [2.24, 2.45) is 5.92 Å². The van der Waals surface area contributed by atoms with Crippen molar-refractivity contribution in [2.45, 2.75) is 26.3 Å². The van der Waals surface area contributed by atoms with Crippen LogP contribution in [0.1, 0.15) is 25.5 Å². The molecule has 3 nitrogen and oxygen atoms in total. The van der Waals surface area contributed by atoms with Gasteiger partial charge in [-0.25, -0.2) is 4.98 Å². The summed E-state index contributed by atoms with van der Waals surface area (Å²) in [6.07, 6.45) is 2.71. The van der Waals surface area contributed by atoms with Crippen LogP contribution in [-0.2, 0) is 6.54 Å². The van der Waals surface area contributed by atoms with Gasteiger partial charge >= 0.3 is 0 Å². The summed E-state index contributed by atoms with van der Waals surface area (Å²) in [7, 11) is 0. The maximum atomic E-state index is 4.41. The zero-order valence-electron chi connectivity index (χ0n) is 11.0. The van der Waals surface area contributed by atoms with Gasteiger partial charge in [0.2, 0.25) is 0 Å². The van der Waals surface area contributed by atoms with Crippen LogP contribution in [0.25, 0.3) is 0 Å². The number of pyridine rings is 1. The van der Waals surface area contributed by atoms with Crippen molar-refractivity contribution in [3.05, 3.63) is 28.5 Å². The largest absolute Gasteiger partial charge is 0.310 e. The molecule has 1 aliphatic heterocycles. The number of halogens is 1. The molecule has 0 aromatic carbocycles. The average molecular weight is 312 g/mol. The predicted octanol–water partition coefficient (Wildman–Crippen LogP) is 2.67. The molecule has 0 aliphatic carbocycles. The van der Waals surface area contributed by atoms with Crippen LogP contribution in [0.3, 0.4) is 0 Å². The first-order chi connectivity index (χ1) is 8.74. The van der Waals surface area contributed by atoms with Crippen LogP contribution in [0.5, 0.6) is 0 Å². The molecule has 2 rings (SSSR count). The van der Waals surface area contributed by atoms with E-state index in [4.69, 9.17) is 0 Å². The van der Waals surface area contributed by atoms with Crippen LogP contribution in [0.2, 0.25) is 0 Å². The Morgan fingerprint density at radius 1 is 1.39 bits per heavy atom. The summed E-state index contributed by atoms with van der Waals surface area (Å²) in [5.74, 6) is 0.917. The standard InChI is InChI=1S/C14H22BrN3/c1-12-5-8-18(9-6-12)10-7-16-11-13-3-2-4-14(15)17-13/h2-4,12,16H,5-11H2,1H3. The monoisotopic (exact) mass is 311 g/mol. The third kappa shape index (κ3) is 4.67. The fourth-order valence-electron chi connectivity index (χ4n) is 2.29. The molecule has 2 heterocycles. The van der Waals surface area contributed by atoms with E-state index >= 15 is 0 Å². The van der Waals surface area contributed by atoms with Crippen LogP contribution in [0.15, 0.2) is 22.8 Å². The minimum atomic E-state index is 0.851. The summed E-state index contributed by atoms with van der Waals surface area (Å²) < 4.78 is 0.909. The molecule has 1 fully saturated rings. The normalized spacial score (nSPS) is 18.1. The van der Waals surface area contributed by atoms with Crippen molar-refractivity contribution in [2.75, 3.05) is 26.2 Å². The molecule has 1 N–H and O–H groups in total. The van der Waals surface area contributed by atoms with Crippen molar-refractivity contribution >= 4 is 15.9 Å². The van der Waals surface area contributed by atoms with Crippen molar-refractivity contribution in [3.63, 3.8) is 0 Å². The number of piperidine rings is 1. The number of nitrogens with zero attached hydrogens (tertiary/aromatic N) is 2. The maximum absolute atomic E-state index is 4.41. The van der Waals surface area contributed by atoms with Gasteiger partial charge in [0.05, 0.1) is 5.69 Å². The van der Waals surface area contributed by atoms with E-state index in [2.05, 4.69) is 44.1 Å². The Bertz CT molecular complexity index is 362. The molecule has 0 atom stereocenters. The SMILES string of the molecule is CC1CCN(CCNCc2cccc(Br)n2)CC1. The molecule has 100 valence electrons. The lowest BCUT2D eigenvalue weighted by atomic mass is 9.99. The van der Waals surface area contributed by atoms with Gasteiger partial charge in [-0.3, -0.25) is 0 Å². The smallest absolute Gasteiger partial charge is 0.106 e. The third-order valence-corrected chi connectivity index (χ3v) is 4.00. The summed E-state index contributed by atoms with van der Waals surface area (Å²) >= 11 is 3.39. The Kier molecular flexibility index (Phi) is 5.60. The number of aromatic nitrogens is 1. The highest BCUT2D eigenvalue weighted by molar-refractivity contribution is 9.10. The lowest BCUT2D eigenvalue weighted by Gasteiger charge is -2.30. The molecule has 0 bridgehead atoms. The molecule has 18 heavy (non-hydrogen) atoms. The van der Waals surface area contributed by atoms with Crippen LogP contribution in [0, 0.1) is 5.92 Å². The first kappa shape index (κ1) is 14.0. The topological polar surface area (TPSA) is 28.2 Å². The van der Waals surface area contributed by atoms with Crippen molar-refractivity contribution < 1.29 is 0 Å². The summed E-state index contributed by atoms with van der Waals surface area (Å²) in [6.45, 7) is 7.93. The second-order valence-electron chi connectivity index (χ2n) is 5.15. The highest BCUT2D eigenvalue weighted by Gasteiger charge is 2.14. The van der Waals surface area contributed by atoms with E-state index < -0.39 is 0 Å². The molecule has 1 saturated heterocycles. The van der Waals surface area contributed by atoms with Crippen LogP contribution >= 0.6 is 15.9 Å². The van der Waals surface area contributed by atoms with Crippen LogP contribution in [0.4, 0.5) is 0 Å². The fraction of sp³-hybridized carbons (Fsp3) is 0.643. The minimum Gasteiger partial charge on any atom is -0.310 e. The molecule has 1 aromatic rings. The molecule has 4 heteroatoms. The number of nitrogens with one attached hydrogen (secondary N) is 1. The summed E-state index contributed by atoms with van der Waals surface area (Å²) in [5.41, 5.74) is 1.09. The molecule has 1 aromatic heterocycles. The molecule has 0 radical (unpaired) electrons.